The van der Waals surface area contributed by atoms with Crippen LogP contribution in [0.5, 0.6) is 0 Å². The van der Waals surface area contributed by atoms with Crippen molar-refractivity contribution in [3.8, 4) is 0 Å². The molecule has 1 fully saturated rings. The average Bonchev–Trinajstić information content (AvgIpc) is 2.46. The molecule has 0 aliphatic carbocycles. The fourth-order valence-electron chi connectivity index (χ4n) is 2.33. The first-order valence-corrected chi connectivity index (χ1v) is 7.44. The number of nitrogens with zero attached hydrogens (tertiary/aromatic N) is 1. The summed E-state index contributed by atoms with van der Waals surface area (Å²) in [6.07, 6.45) is 0. The molecule has 1 aromatic rings. The maximum absolute atomic E-state index is 12.3. The molecular weight excluding hydrogens is 286 g/mol. The van der Waals surface area contributed by atoms with Gasteiger partial charge in [0, 0.05) is 23.8 Å². The third kappa shape index (κ3) is 3.92. The van der Waals surface area contributed by atoms with Crippen LogP contribution in [0.1, 0.15) is 19.4 Å². The van der Waals surface area contributed by atoms with Crippen molar-refractivity contribution in [1.82, 2.24) is 5.32 Å². The van der Waals surface area contributed by atoms with Gasteiger partial charge in [-0.3, -0.25) is 4.79 Å². The Morgan fingerprint density at radius 3 is 2.67 bits per heavy atom. The molecule has 3 N–H and O–H groups in total. The largest absolute Gasteiger partial charge is 0.389 e. The van der Waals surface area contributed by atoms with Gasteiger partial charge >= 0.3 is 0 Å². The summed E-state index contributed by atoms with van der Waals surface area (Å²) < 4.78 is 5.46. The lowest BCUT2D eigenvalue weighted by Gasteiger charge is -2.36. The van der Waals surface area contributed by atoms with E-state index >= 15 is 0 Å². The van der Waals surface area contributed by atoms with E-state index in [0.29, 0.717) is 24.7 Å². The van der Waals surface area contributed by atoms with E-state index in [0.717, 1.165) is 11.3 Å². The minimum atomic E-state index is -0.308. The third-order valence-corrected chi connectivity index (χ3v) is 3.58. The SMILES string of the molecule is CC(C)NC(=O)C1COCCN1c1ccc(C(N)=S)cc1. The summed E-state index contributed by atoms with van der Waals surface area (Å²) in [5, 5.41) is 2.94. The van der Waals surface area contributed by atoms with Crippen LogP contribution in [0.15, 0.2) is 24.3 Å². The number of anilines is 1. The first kappa shape index (κ1) is 15.7. The summed E-state index contributed by atoms with van der Waals surface area (Å²) in [5.74, 6) is -0.0110. The molecule has 1 heterocycles. The molecule has 1 aliphatic rings. The Morgan fingerprint density at radius 1 is 1.43 bits per heavy atom. The van der Waals surface area contributed by atoms with Crippen molar-refractivity contribution < 1.29 is 9.53 Å². The van der Waals surface area contributed by atoms with Crippen molar-refractivity contribution in [2.24, 2.45) is 5.73 Å². The summed E-state index contributed by atoms with van der Waals surface area (Å²) in [4.78, 5) is 14.7. The molecule has 1 saturated heterocycles. The smallest absolute Gasteiger partial charge is 0.245 e. The summed E-state index contributed by atoms with van der Waals surface area (Å²) >= 11 is 4.95. The number of hydrogen-bond acceptors (Lipinski definition) is 4. The first-order valence-electron chi connectivity index (χ1n) is 7.03. The normalized spacial score (nSPS) is 18.6. The van der Waals surface area contributed by atoms with E-state index in [9.17, 15) is 4.79 Å². The topological polar surface area (TPSA) is 67.6 Å². The van der Waals surface area contributed by atoms with Crippen molar-refractivity contribution in [2.75, 3.05) is 24.7 Å². The molecule has 1 atom stereocenters. The van der Waals surface area contributed by atoms with Crippen LogP contribution >= 0.6 is 12.2 Å². The lowest BCUT2D eigenvalue weighted by Crippen LogP contribution is -2.55. The Labute approximate surface area is 130 Å². The van der Waals surface area contributed by atoms with Gasteiger partial charge in [0.15, 0.2) is 0 Å². The molecule has 6 heteroatoms. The van der Waals surface area contributed by atoms with Crippen molar-refractivity contribution in [3.63, 3.8) is 0 Å². The summed E-state index contributed by atoms with van der Waals surface area (Å²) in [6, 6.07) is 7.44. The molecule has 1 aliphatic heterocycles. The van der Waals surface area contributed by atoms with E-state index in [2.05, 4.69) is 10.2 Å². The molecule has 0 spiro atoms. The molecule has 21 heavy (non-hydrogen) atoms. The zero-order valence-corrected chi connectivity index (χ0v) is 13.2. The molecule has 2 rings (SSSR count). The van der Waals surface area contributed by atoms with Crippen molar-refractivity contribution in [1.29, 1.82) is 0 Å². The summed E-state index contributed by atoms with van der Waals surface area (Å²) in [6.45, 7) is 5.59. The van der Waals surface area contributed by atoms with Gasteiger partial charge in [0.1, 0.15) is 11.0 Å². The van der Waals surface area contributed by atoms with Crippen molar-refractivity contribution >= 4 is 28.8 Å². The Balaban J connectivity index is 2.18. The van der Waals surface area contributed by atoms with Crippen LogP contribution in [-0.2, 0) is 9.53 Å². The Hall–Kier alpha value is -1.66. The Morgan fingerprint density at radius 2 is 2.10 bits per heavy atom. The molecule has 0 bridgehead atoms. The van der Waals surface area contributed by atoms with Gasteiger partial charge in [-0.2, -0.15) is 0 Å². The second-order valence-electron chi connectivity index (χ2n) is 5.36. The molecule has 114 valence electrons. The van der Waals surface area contributed by atoms with Crippen LogP contribution in [-0.4, -0.2) is 42.7 Å². The zero-order valence-electron chi connectivity index (χ0n) is 12.3. The number of carbonyl (C=O) groups excluding carboxylic acids is 1. The van der Waals surface area contributed by atoms with Crippen LogP contribution < -0.4 is 16.0 Å². The van der Waals surface area contributed by atoms with Gasteiger partial charge in [0.25, 0.3) is 0 Å². The number of nitrogens with two attached hydrogens (primary N) is 1. The van der Waals surface area contributed by atoms with E-state index in [1.54, 1.807) is 0 Å². The predicted molar refractivity (Wildman–Crippen MR) is 87.6 cm³/mol. The minimum Gasteiger partial charge on any atom is -0.389 e. The molecule has 1 unspecified atom stereocenters. The molecule has 5 nitrogen and oxygen atoms in total. The molecular formula is C15H21N3O2S. The van der Waals surface area contributed by atoms with E-state index in [4.69, 9.17) is 22.7 Å². The van der Waals surface area contributed by atoms with E-state index in [-0.39, 0.29) is 18.0 Å². The Bertz CT molecular complexity index is 516. The van der Waals surface area contributed by atoms with Crippen LogP contribution in [0.3, 0.4) is 0 Å². The number of ether oxygens (including phenoxy) is 1. The number of benzene rings is 1. The maximum atomic E-state index is 12.3. The fraction of sp³-hybridized carbons (Fsp3) is 0.467. The van der Waals surface area contributed by atoms with Crippen LogP contribution in [0.25, 0.3) is 0 Å². The molecule has 0 radical (unpaired) electrons. The van der Waals surface area contributed by atoms with Gasteiger partial charge in [-0.25, -0.2) is 0 Å². The van der Waals surface area contributed by atoms with Crippen molar-refractivity contribution in [3.05, 3.63) is 29.8 Å². The third-order valence-electron chi connectivity index (χ3n) is 3.35. The van der Waals surface area contributed by atoms with Crippen LogP contribution in [0, 0.1) is 0 Å². The highest BCUT2D eigenvalue weighted by molar-refractivity contribution is 7.80. The average molecular weight is 307 g/mol. The number of morpholine rings is 1. The standard InChI is InChI=1S/C15H21N3O2S/c1-10(2)17-15(19)13-9-20-8-7-18(13)12-5-3-11(4-6-12)14(16)21/h3-6,10,13H,7-9H2,1-2H3,(H2,16,21)(H,17,19). The Kier molecular flexibility index (Phi) is 5.14. The minimum absolute atomic E-state index is 0.0110. The molecule has 1 aromatic carbocycles. The highest BCUT2D eigenvalue weighted by Crippen LogP contribution is 2.20. The number of thiocarbonyl (C=S) groups is 1. The van der Waals surface area contributed by atoms with Crippen LogP contribution in [0.2, 0.25) is 0 Å². The zero-order chi connectivity index (χ0) is 15.4. The van der Waals surface area contributed by atoms with Gasteiger partial charge in [0.05, 0.1) is 13.2 Å². The number of carbonyl (C=O) groups is 1. The first-order chi connectivity index (χ1) is 9.99. The lowest BCUT2D eigenvalue weighted by molar-refractivity contribution is -0.125. The van der Waals surface area contributed by atoms with Gasteiger partial charge in [0.2, 0.25) is 5.91 Å². The van der Waals surface area contributed by atoms with E-state index in [1.807, 2.05) is 38.1 Å². The van der Waals surface area contributed by atoms with E-state index in [1.165, 1.54) is 0 Å². The number of rotatable bonds is 4. The maximum Gasteiger partial charge on any atom is 0.245 e. The van der Waals surface area contributed by atoms with Gasteiger partial charge in [-0.15, -0.1) is 0 Å². The number of hydrogen-bond donors (Lipinski definition) is 2. The molecule has 0 saturated carbocycles. The van der Waals surface area contributed by atoms with Gasteiger partial charge in [-0.05, 0) is 38.1 Å². The highest BCUT2D eigenvalue weighted by Gasteiger charge is 2.29. The summed E-state index contributed by atoms with van der Waals surface area (Å²) in [7, 11) is 0. The molecule has 1 amide bonds. The lowest BCUT2D eigenvalue weighted by atomic mass is 10.1. The summed E-state index contributed by atoms with van der Waals surface area (Å²) in [5.41, 5.74) is 7.40. The number of amides is 1. The monoisotopic (exact) mass is 307 g/mol. The van der Waals surface area contributed by atoms with Gasteiger partial charge in [-0.1, -0.05) is 12.2 Å². The van der Waals surface area contributed by atoms with Crippen LogP contribution in [0.4, 0.5) is 5.69 Å². The van der Waals surface area contributed by atoms with Gasteiger partial charge < -0.3 is 20.7 Å². The molecule has 0 aromatic heterocycles. The second kappa shape index (κ2) is 6.87. The highest BCUT2D eigenvalue weighted by atomic mass is 32.1. The number of nitrogens with one attached hydrogen (secondary N) is 1. The van der Waals surface area contributed by atoms with Crippen molar-refractivity contribution in [2.45, 2.75) is 25.9 Å². The predicted octanol–water partition coefficient (Wildman–Crippen LogP) is 1.05. The second-order valence-corrected chi connectivity index (χ2v) is 5.80. The quantitative estimate of drug-likeness (QED) is 0.814. The van der Waals surface area contributed by atoms with E-state index < -0.39 is 0 Å². The fourth-order valence-corrected chi connectivity index (χ4v) is 2.46.